The lowest BCUT2D eigenvalue weighted by atomic mass is 10.1. The van der Waals surface area contributed by atoms with Crippen molar-refractivity contribution in [1.29, 1.82) is 0 Å². The smallest absolute Gasteiger partial charge is 0.163 e. The average molecular weight is 412 g/mol. The molecule has 2 aromatic carbocycles. The molecule has 0 aliphatic rings. The van der Waals surface area contributed by atoms with E-state index in [0.717, 1.165) is 20.3 Å². The van der Waals surface area contributed by atoms with E-state index in [0.29, 0.717) is 19.4 Å². The SMILES string of the molecule is Cc1ccc(OCCCC(=O)c2ccc(Br)cc2)c(Br)c1. The van der Waals surface area contributed by atoms with Crippen LogP contribution in [0.25, 0.3) is 0 Å². The van der Waals surface area contributed by atoms with E-state index in [4.69, 9.17) is 4.74 Å². The molecule has 110 valence electrons. The molecular weight excluding hydrogens is 396 g/mol. The van der Waals surface area contributed by atoms with Gasteiger partial charge in [-0.3, -0.25) is 4.79 Å². The van der Waals surface area contributed by atoms with Crippen molar-refractivity contribution in [2.45, 2.75) is 19.8 Å². The van der Waals surface area contributed by atoms with Crippen LogP contribution in [0.4, 0.5) is 0 Å². The van der Waals surface area contributed by atoms with E-state index in [-0.39, 0.29) is 5.78 Å². The predicted octanol–water partition coefficient (Wildman–Crippen LogP) is 5.56. The lowest BCUT2D eigenvalue weighted by molar-refractivity contribution is 0.0973. The molecule has 0 unspecified atom stereocenters. The number of carbonyl (C=O) groups is 1. The van der Waals surface area contributed by atoms with Gasteiger partial charge in [-0.05, 0) is 59.1 Å². The second-order valence-electron chi connectivity index (χ2n) is 4.82. The van der Waals surface area contributed by atoms with E-state index in [1.165, 1.54) is 5.56 Å². The van der Waals surface area contributed by atoms with Gasteiger partial charge in [0, 0.05) is 16.5 Å². The van der Waals surface area contributed by atoms with Crippen LogP contribution in [0.3, 0.4) is 0 Å². The van der Waals surface area contributed by atoms with Gasteiger partial charge >= 0.3 is 0 Å². The van der Waals surface area contributed by atoms with Gasteiger partial charge < -0.3 is 4.74 Å². The molecule has 0 amide bonds. The quantitative estimate of drug-likeness (QED) is 0.459. The van der Waals surface area contributed by atoms with E-state index >= 15 is 0 Å². The summed E-state index contributed by atoms with van der Waals surface area (Å²) in [5.74, 6) is 0.964. The number of Topliss-reactive ketones (excluding diaryl/α,β-unsaturated/α-hetero) is 1. The Morgan fingerprint density at radius 3 is 2.48 bits per heavy atom. The van der Waals surface area contributed by atoms with Crippen LogP contribution in [0.2, 0.25) is 0 Å². The molecule has 0 N–H and O–H groups in total. The summed E-state index contributed by atoms with van der Waals surface area (Å²) in [7, 11) is 0. The first-order chi connectivity index (χ1) is 10.1. The molecular formula is C17H16Br2O2. The minimum Gasteiger partial charge on any atom is -0.492 e. The van der Waals surface area contributed by atoms with Crippen LogP contribution in [0.1, 0.15) is 28.8 Å². The summed E-state index contributed by atoms with van der Waals surface area (Å²) in [4.78, 5) is 12.0. The molecule has 0 atom stereocenters. The Kier molecular flexibility index (Phi) is 6.00. The molecule has 0 aromatic heterocycles. The van der Waals surface area contributed by atoms with Gasteiger partial charge in [-0.1, -0.05) is 34.1 Å². The molecule has 0 radical (unpaired) electrons. The van der Waals surface area contributed by atoms with Crippen LogP contribution >= 0.6 is 31.9 Å². The molecule has 2 rings (SSSR count). The highest BCUT2D eigenvalue weighted by molar-refractivity contribution is 9.10. The third-order valence-corrected chi connectivity index (χ3v) is 4.21. The summed E-state index contributed by atoms with van der Waals surface area (Å²) >= 11 is 6.84. The van der Waals surface area contributed by atoms with Crippen molar-refractivity contribution >= 4 is 37.6 Å². The van der Waals surface area contributed by atoms with Crippen LogP contribution < -0.4 is 4.74 Å². The number of hydrogen-bond acceptors (Lipinski definition) is 2. The molecule has 21 heavy (non-hydrogen) atoms. The Bertz CT molecular complexity index is 621. The molecule has 2 aromatic rings. The number of carbonyl (C=O) groups excluding carboxylic acids is 1. The monoisotopic (exact) mass is 410 g/mol. The first kappa shape index (κ1) is 16.2. The maximum absolute atomic E-state index is 12.0. The maximum Gasteiger partial charge on any atom is 0.163 e. The van der Waals surface area contributed by atoms with E-state index in [2.05, 4.69) is 31.9 Å². The minimum absolute atomic E-state index is 0.147. The van der Waals surface area contributed by atoms with Gasteiger partial charge in [0.05, 0.1) is 11.1 Å². The van der Waals surface area contributed by atoms with E-state index in [9.17, 15) is 4.79 Å². The summed E-state index contributed by atoms with van der Waals surface area (Å²) in [5, 5.41) is 0. The molecule has 2 nitrogen and oxygen atoms in total. The van der Waals surface area contributed by atoms with E-state index in [1.54, 1.807) is 0 Å². The third kappa shape index (κ3) is 4.97. The highest BCUT2D eigenvalue weighted by atomic mass is 79.9. The van der Waals surface area contributed by atoms with Crippen LogP contribution in [0.15, 0.2) is 51.4 Å². The summed E-state index contributed by atoms with van der Waals surface area (Å²) in [6.45, 7) is 2.56. The van der Waals surface area contributed by atoms with Gasteiger partial charge in [0.2, 0.25) is 0 Å². The number of ketones is 1. The van der Waals surface area contributed by atoms with Crippen molar-refractivity contribution < 1.29 is 9.53 Å². The van der Waals surface area contributed by atoms with Crippen molar-refractivity contribution in [1.82, 2.24) is 0 Å². The highest BCUT2D eigenvalue weighted by Crippen LogP contribution is 2.25. The summed E-state index contributed by atoms with van der Waals surface area (Å²) in [5.41, 5.74) is 1.93. The number of benzene rings is 2. The fraction of sp³-hybridized carbons (Fsp3) is 0.235. The van der Waals surface area contributed by atoms with Crippen molar-refractivity contribution in [2.24, 2.45) is 0 Å². The summed E-state index contributed by atoms with van der Waals surface area (Å²) in [6, 6.07) is 13.4. The number of halogens is 2. The first-order valence-electron chi connectivity index (χ1n) is 6.74. The highest BCUT2D eigenvalue weighted by Gasteiger charge is 2.06. The fourth-order valence-corrected chi connectivity index (χ4v) is 2.79. The average Bonchev–Trinajstić information content (AvgIpc) is 2.46. The number of hydrogen-bond donors (Lipinski definition) is 0. The van der Waals surface area contributed by atoms with Crippen molar-refractivity contribution in [2.75, 3.05) is 6.61 Å². The van der Waals surface area contributed by atoms with Gasteiger partial charge in [-0.2, -0.15) is 0 Å². The molecule has 0 saturated carbocycles. The fourth-order valence-electron chi connectivity index (χ4n) is 1.92. The van der Waals surface area contributed by atoms with Gasteiger partial charge in [-0.25, -0.2) is 0 Å². The second-order valence-corrected chi connectivity index (χ2v) is 6.59. The topological polar surface area (TPSA) is 26.3 Å². The molecule has 0 aliphatic heterocycles. The van der Waals surface area contributed by atoms with Gasteiger partial charge in [-0.15, -0.1) is 0 Å². The number of ether oxygens (including phenoxy) is 1. The van der Waals surface area contributed by atoms with E-state index < -0.39 is 0 Å². The van der Waals surface area contributed by atoms with Crippen molar-refractivity contribution in [3.05, 3.63) is 62.5 Å². The molecule has 0 spiro atoms. The summed E-state index contributed by atoms with van der Waals surface area (Å²) in [6.07, 6.45) is 1.19. The van der Waals surface area contributed by atoms with E-state index in [1.807, 2.05) is 49.4 Å². The van der Waals surface area contributed by atoms with Crippen LogP contribution in [0.5, 0.6) is 5.75 Å². The Morgan fingerprint density at radius 1 is 1.10 bits per heavy atom. The minimum atomic E-state index is 0.147. The molecule has 0 bridgehead atoms. The maximum atomic E-state index is 12.0. The molecule has 0 saturated heterocycles. The normalized spacial score (nSPS) is 10.4. The molecule has 0 aliphatic carbocycles. The molecule has 0 heterocycles. The van der Waals surface area contributed by atoms with Gasteiger partial charge in [0.25, 0.3) is 0 Å². The largest absolute Gasteiger partial charge is 0.492 e. The second kappa shape index (κ2) is 7.76. The Labute approximate surface area is 141 Å². The predicted molar refractivity (Wildman–Crippen MR) is 92.1 cm³/mol. The van der Waals surface area contributed by atoms with Crippen molar-refractivity contribution in [3.8, 4) is 5.75 Å². The zero-order chi connectivity index (χ0) is 15.2. The van der Waals surface area contributed by atoms with Gasteiger partial charge in [0.1, 0.15) is 5.75 Å². The third-order valence-electron chi connectivity index (χ3n) is 3.06. The molecule has 0 fully saturated rings. The Hall–Kier alpha value is -1.13. The Balaban J connectivity index is 1.79. The summed E-state index contributed by atoms with van der Waals surface area (Å²) < 4.78 is 7.61. The van der Waals surface area contributed by atoms with Gasteiger partial charge in [0.15, 0.2) is 5.78 Å². The lowest BCUT2D eigenvalue weighted by Crippen LogP contribution is -2.04. The van der Waals surface area contributed by atoms with Crippen LogP contribution in [0, 0.1) is 6.92 Å². The Morgan fingerprint density at radius 2 is 1.81 bits per heavy atom. The van der Waals surface area contributed by atoms with Crippen LogP contribution in [-0.2, 0) is 0 Å². The van der Waals surface area contributed by atoms with Crippen molar-refractivity contribution in [3.63, 3.8) is 0 Å². The number of aryl methyl sites for hydroxylation is 1. The molecule has 4 heteroatoms. The lowest BCUT2D eigenvalue weighted by Gasteiger charge is -2.08. The zero-order valence-electron chi connectivity index (χ0n) is 11.7. The first-order valence-corrected chi connectivity index (χ1v) is 8.32. The van der Waals surface area contributed by atoms with Crippen LogP contribution in [-0.4, -0.2) is 12.4 Å². The standard InChI is InChI=1S/C17H16Br2O2/c1-12-4-9-17(15(19)11-12)21-10-2-3-16(20)13-5-7-14(18)8-6-13/h4-9,11H,2-3,10H2,1H3. The zero-order valence-corrected chi connectivity index (χ0v) is 14.9. The number of rotatable bonds is 6.